The highest BCUT2D eigenvalue weighted by molar-refractivity contribution is 6.01. The molecule has 4 aromatic rings. The molecule has 146 valence electrons. The van der Waals surface area contributed by atoms with Crippen molar-refractivity contribution in [3.05, 3.63) is 89.7 Å². The Kier molecular flexibility index (Phi) is 5.35. The summed E-state index contributed by atoms with van der Waals surface area (Å²) < 4.78 is 13.6. The van der Waals surface area contributed by atoms with E-state index in [0.717, 1.165) is 16.5 Å². The number of aliphatic hydroxyl groups excluding tert-OH is 1. The van der Waals surface area contributed by atoms with Crippen molar-refractivity contribution >= 4 is 16.8 Å². The maximum absolute atomic E-state index is 13.6. The van der Waals surface area contributed by atoms with Gasteiger partial charge in [0.25, 0.3) is 5.91 Å². The lowest BCUT2D eigenvalue weighted by atomic mass is 10.0. The van der Waals surface area contributed by atoms with Gasteiger partial charge in [-0.15, -0.1) is 0 Å². The second-order valence-electron chi connectivity index (χ2n) is 6.89. The summed E-state index contributed by atoms with van der Waals surface area (Å²) in [4.78, 5) is 12.8. The minimum absolute atomic E-state index is 0.164. The molecule has 0 aliphatic heterocycles. The molecular weight excluding hydrogens is 369 g/mol. The fourth-order valence-corrected chi connectivity index (χ4v) is 3.34. The number of hydrogen-bond donors (Lipinski definition) is 3. The summed E-state index contributed by atoms with van der Waals surface area (Å²) in [6.45, 7) is -0.164. The molecule has 0 saturated heterocycles. The molecule has 3 N–H and O–H groups in total. The Balaban J connectivity index is 1.58. The lowest BCUT2D eigenvalue weighted by Crippen LogP contribution is -2.39. The van der Waals surface area contributed by atoms with Crippen LogP contribution in [0.15, 0.2) is 72.8 Å². The van der Waals surface area contributed by atoms with Gasteiger partial charge in [0.15, 0.2) is 0 Å². The van der Waals surface area contributed by atoms with Gasteiger partial charge in [0, 0.05) is 16.5 Å². The average molecular weight is 389 g/mol. The van der Waals surface area contributed by atoms with Gasteiger partial charge in [-0.05, 0) is 42.3 Å². The predicted molar refractivity (Wildman–Crippen MR) is 110 cm³/mol. The van der Waals surface area contributed by atoms with Crippen molar-refractivity contribution in [1.29, 1.82) is 0 Å². The monoisotopic (exact) mass is 389 g/mol. The van der Waals surface area contributed by atoms with Crippen molar-refractivity contribution in [2.24, 2.45) is 0 Å². The number of benzene rings is 3. The van der Waals surface area contributed by atoms with Gasteiger partial charge >= 0.3 is 0 Å². The van der Waals surface area contributed by atoms with E-state index in [2.05, 4.69) is 15.5 Å². The standard InChI is InChI=1S/C23H20FN3O2/c24-18-8-4-7-16(12-18)22-20-13-17(9-10-21(20)26-27-22)23(29)25-19(14-28)11-15-5-2-1-3-6-15/h1-10,12-13,19,28H,11,14H2,(H,25,29)(H,26,27)/t19-/m0/s1. The van der Waals surface area contributed by atoms with Crippen LogP contribution in [-0.4, -0.2) is 33.9 Å². The summed E-state index contributed by atoms with van der Waals surface area (Å²) >= 11 is 0. The normalized spacial score (nSPS) is 12.1. The third kappa shape index (κ3) is 4.17. The molecule has 1 heterocycles. The van der Waals surface area contributed by atoms with Crippen LogP contribution in [0.2, 0.25) is 0 Å². The smallest absolute Gasteiger partial charge is 0.251 e. The van der Waals surface area contributed by atoms with Crippen LogP contribution in [-0.2, 0) is 6.42 Å². The Morgan fingerprint density at radius 3 is 2.66 bits per heavy atom. The van der Waals surface area contributed by atoms with Crippen molar-refractivity contribution in [2.45, 2.75) is 12.5 Å². The number of aromatic amines is 1. The van der Waals surface area contributed by atoms with Gasteiger partial charge < -0.3 is 10.4 Å². The van der Waals surface area contributed by atoms with Gasteiger partial charge in [-0.3, -0.25) is 9.89 Å². The molecule has 0 fully saturated rings. The minimum Gasteiger partial charge on any atom is -0.394 e. The van der Waals surface area contributed by atoms with E-state index in [-0.39, 0.29) is 18.3 Å². The first-order chi connectivity index (χ1) is 14.1. The van der Waals surface area contributed by atoms with E-state index in [4.69, 9.17) is 0 Å². The van der Waals surface area contributed by atoms with E-state index in [1.54, 1.807) is 30.3 Å². The number of rotatable bonds is 6. The number of aromatic nitrogens is 2. The van der Waals surface area contributed by atoms with E-state index in [0.29, 0.717) is 23.2 Å². The number of H-pyrrole nitrogens is 1. The van der Waals surface area contributed by atoms with E-state index < -0.39 is 6.04 Å². The Labute approximate surface area is 167 Å². The third-order valence-corrected chi connectivity index (χ3v) is 4.80. The fraction of sp³-hybridized carbons (Fsp3) is 0.130. The number of nitrogens with zero attached hydrogens (tertiary/aromatic N) is 1. The first-order valence-electron chi connectivity index (χ1n) is 9.34. The van der Waals surface area contributed by atoms with Crippen LogP contribution in [0, 0.1) is 5.82 Å². The van der Waals surface area contributed by atoms with Crippen LogP contribution in [0.3, 0.4) is 0 Å². The van der Waals surface area contributed by atoms with Gasteiger partial charge in [-0.2, -0.15) is 5.10 Å². The third-order valence-electron chi connectivity index (χ3n) is 4.80. The average Bonchev–Trinajstić information content (AvgIpc) is 3.17. The highest BCUT2D eigenvalue weighted by Crippen LogP contribution is 2.27. The van der Waals surface area contributed by atoms with Gasteiger partial charge in [0.1, 0.15) is 11.5 Å². The molecular formula is C23H20FN3O2. The minimum atomic E-state index is -0.396. The largest absolute Gasteiger partial charge is 0.394 e. The van der Waals surface area contributed by atoms with E-state index >= 15 is 0 Å². The molecule has 0 spiro atoms. The maximum Gasteiger partial charge on any atom is 0.251 e. The molecule has 1 atom stereocenters. The molecule has 0 aliphatic carbocycles. The van der Waals surface area contributed by atoms with Crippen LogP contribution in [0.5, 0.6) is 0 Å². The quantitative estimate of drug-likeness (QED) is 0.471. The van der Waals surface area contributed by atoms with Gasteiger partial charge in [-0.1, -0.05) is 42.5 Å². The topological polar surface area (TPSA) is 78.0 Å². The summed E-state index contributed by atoms with van der Waals surface area (Å²) in [6, 6.07) is 20.7. The van der Waals surface area contributed by atoms with Gasteiger partial charge in [0.2, 0.25) is 0 Å². The van der Waals surface area contributed by atoms with Crippen molar-refractivity contribution in [1.82, 2.24) is 15.5 Å². The molecule has 29 heavy (non-hydrogen) atoms. The predicted octanol–water partition coefficient (Wildman–Crippen LogP) is 3.70. The van der Waals surface area contributed by atoms with Crippen LogP contribution in [0.1, 0.15) is 15.9 Å². The molecule has 0 radical (unpaired) electrons. The Morgan fingerprint density at radius 2 is 1.90 bits per heavy atom. The zero-order valence-corrected chi connectivity index (χ0v) is 15.6. The Hall–Kier alpha value is -3.51. The zero-order chi connectivity index (χ0) is 20.2. The lowest BCUT2D eigenvalue weighted by molar-refractivity contribution is 0.0916. The molecule has 0 saturated carbocycles. The van der Waals surface area contributed by atoms with E-state index in [9.17, 15) is 14.3 Å². The second-order valence-corrected chi connectivity index (χ2v) is 6.89. The van der Waals surface area contributed by atoms with Gasteiger partial charge in [-0.25, -0.2) is 4.39 Å². The van der Waals surface area contributed by atoms with Crippen LogP contribution >= 0.6 is 0 Å². The highest BCUT2D eigenvalue weighted by atomic mass is 19.1. The number of carbonyl (C=O) groups excluding carboxylic acids is 1. The number of halogens is 1. The highest BCUT2D eigenvalue weighted by Gasteiger charge is 2.16. The Morgan fingerprint density at radius 1 is 1.07 bits per heavy atom. The number of nitrogens with one attached hydrogen (secondary N) is 2. The Bertz CT molecular complexity index is 1140. The lowest BCUT2D eigenvalue weighted by Gasteiger charge is -2.16. The van der Waals surface area contributed by atoms with Gasteiger partial charge in [0.05, 0.1) is 18.2 Å². The summed E-state index contributed by atoms with van der Waals surface area (Å²) in [6.07, 6.45) is 0.533. The molecule has 0 bridgehead atoms. The number of hydrogen-bond acceptors (Lipinski definition) is 3. The fourth-order valence-electron chi connectivity index (χ4n) is 3.34. The molecule has 1 aromatic heterocycles. The van der Waals surface area contributed by atoms with Crippen molar-refractivity contribution in [3.63, 3.8) is 0 Å². The molecule has 1 amide bonds. The summed E-state index contributed by atoms with van der Waals surface area (Å²) in [7, 11) is 0. The first-order valence-corrected chi connectivity index (χ1v) is 9.34. The van der Waals surface area contributed by atoms with Crippen LogP contribution < -0.4 is 5.32 Å². The first kappa shape index (κ1) is 18.8. The molecule has 5 nitrogen and oxygen atoms in total. The number of fused-ring (bicyclic) bond motifs is 1. The SMILES string of the molecule is O=C(N[C@H](CO)Cc1ccccc1)c1ccc2[nH]nc(-c3cccc(F)c3)c2c1. The summed E-state index contributed by atoms with van der Waals surface area (Å²) in [5, 5.41) is 20.5. The van der Waals surface area contributed by atoms with Crippen molar-refractivity contribution in [3.8, 4) is 11.3 Å². The molecule has 0 aliphatic rings. The summed E-state index contributed by atoms with van der Waals surface area (Å²) in [5.41, 5.74) is 3.45. The van der Waals surface area contributed by atoms with Crippen LogP contribution in [0.25, 0.3) is 22.2 Å². The zero-order valence-electron chi connectivity index (χ0n) is 15.6. The number of aliphatic hydroxyl groups is 1. The van der Waals surface area contributed by atoms with Crippen molar-refractivity contribution in [2.75, 3.05) is 6.61 Å². The number of amides is 1. The van der Waals surface area contributed by atoms with E-state index in [1.165, 1.54) is 12.1 Å². The van der Waals surface area contributed by atoms with Crippen LogP contribution in [0.4, 0.5) is 4.39 Å². The molecule has 4 rings (SSSR count). The van der Waals surface area contributed by atoms with Crippen molar-refractivity contribution < 1.29 is 14.3 Å². The molecule has 3 aromatic carbocycles. The summed E-state index contributed by atoms with van der Waals surface area (Å²) in [5.74, 6) is -0.632. The van der Waals surface area contributed by atoms with E-state index in [1.807, 2.05) is 30.3 Å². The number of carbonyl (C=O) groups is 1. The maximum atomic E-state index is 13.6. The molecule has 6 heteroatoms. The second kappa shape index (κ2) is 8.24. The molecule has 0 unspecified atom stereocenters.